The topological polar surface area (TPSA) is 70.2 Å². The third-order valence-electron chi connectivity index (χ3n) is 3.58. The number of hydrogen-bond donors (Lipinski definition) is 0. The van der Waals surface area contributed by atoms with Gasteiger partial charge in [0.2, 0.25) is 0 Å². The number of hydrogen-bond acceptors (Lipinski definition) is 6. The quantitative estimate of drug-likeness (QED) is 0.418. The van der Waals surface area contributed by atoms with Crippen LogP contribution in [0.2, 0.25) is 0 Å². The Balaban J connectivity index is 1.73. The van der Waals surface area contributed by atoms with Gasteiger partial charge >= 0.3 is 0 Å². The number of carbonyl (C=O) groups is 1. The van der Waals surface area contributed by atoms with Crippen molar-refractivity contribution in [3.05, 3.63) is 46.6 Å². The molecule has 0 unspecified atom stereocenters. The SMILES string of the molecule is CCn1c(SCC(=O)c2ccc(OC)c(Br)c2)nnc1-c1ccco1. The van der Waals surface area contributed by atoms with Crippen molar-refractivity contribution >= 4 is 33.5 Å². The highest BCUT2D eigenvalue weighted by Crippen LogP contribution is 2.28. The van der Waals surface area contributed by atoms with Crippen molar-refractivity contribution in [2.45, 2.75) is 18.6 Å². The van der Waals surface area contributed by atoms with Crippen LogP contribution in [-0.2, 0) is 6.54 Å². The van der Waals surface area contributed by atoms with E-state index in [4.69, 9.17) is 9.15 Å². The molecule has 0 saturated heterocycles. The zero-order valence-electron chi connectivity index (χ0n) is 13.7. The summed E-state index contributed by atoms with van der Waals surface area (Å²) < 4.78 is 13.3. The highest BCUT2D eigenvalue weighted by atomic mass is 79.9. The van der Waals surface area contributed by atoms with Gasteiger partial charge in [0.05, 0.1) is 23.6 Å². The maximum Gasteiger partial charge on any atom is 0.200 e. The van der Waals surface area contributed by atoms with E-state index in [9.17, 15) is 4.79 Å². The molecule has 3 aromatic rings. The fourth-order valence-corrected chi connectivity index (χ4v) is 3.76. The molecule has 0 fully saturated rings. The van der Waals surface area contributed by atoms with Gasteiger partial charge in [-0.1, -0.05) is 11.8 Å². The summed E-state index contributed by atoms with van der Waals surface area (Å²) in [6.07, 6.45) is 1.60. The fraction of sp³-hybridized carbons (Fsp3) is 0.235. The molecule has 0 spiro atoms. The molecule has 2 heterocycles. The largest absolute Gasteiger partial charge is 0.496 e. The minimum atomic E-state index is 0.0126. The van der Waals surface area contributed by atoms with Crippen molar-refractivity contribution in [3.63, 3.8) is 0 Å². The van der Waals surface area contributed by atoms with E-state index in [2.05, 4.69) is 26.1 Å². The maximum atomic E-state index is 12.4. The second kappa shape index (κ2) is 7.88. The first-order chi connectivity index (χ1) is 12.1. The summed E-state index contributed by atoms with van der Waals surface area (Å²) in [7, 11) is 1.59. The summed E-state index contributed by atoms with van der Waals surface area (Å²) in [4.78, 5) is 12.4. The Morgan fingerprint density at radius 2 is 2.20 bits per heavy atom. The monoisotopic (exact) mass is 421 g/mol. The smallest absolute Gasteiger partial charge is 0.200 e. The van der Waals surface area contributed by atoms with E-state index < -0.39 is 0 Å². The van der Waals surface area contributed by atoms with E-state index in [1.165, 1.54) is 11.8 Å². The number of aromatic nitrogens is 3. The molecule has 0 saturated carbocycles. The first-order valence-electron chi connectivity index (χ1n) is 7.60. The van der Waals surface area contributed by atoms with Gasteiger partial charge in [-0.15, -0.1) is 10.2 Å². The van der Waals surface area contributed by atoms with Crippen molar-refractivity contribution in [2.75, 3.05) is 12.9 Å². The van der Waals surface area contributed by atoms with Gasteiger partial charge in [-0.25, -0.2) is 0 Å². The molecule has 0 amide bonds. The highest BCUT2D eigenvalue weighted by Gasteiger charge is 2.17. The lowest BCUT2D eigenvalue weighted by molar-refractivity contribution is 0.102. The van der Waals surface area contributed by atoms with Gasteiger partial charge in [0.1, 0.15) is 5.75 Å². The van der Waals surface area contributed by atoms with Crippen LogP contribution in [-0.4, -0.2) is 33.4 Å². The van der Waals surface area contributed by atoms with Crippen molar-refractivity contribution in [2.24, 2.45) is 0 Å². The van der Waals surface area contributed by atoms with E-state index in [0.717, 1.165) is 4.47 Å². The number of carbonyl (C=O) groups excluding carboxylic acids is 1. The van der Waals surface area contributed by atoms with Crippen LogP contribution in [0.25, 0.3) is 11.6 Å². The van der Waals surface area contributed by atoms with Crippen LogP contribution in [0, 0.1) is 0 Å². The van der Waals surface area contributed by atoms with Gasteiger partial charge in [-0.2, -0.15) is 0 Å². The highest BCUT2D eigenvalue weighted by molar-refractivity contribution is 9.10. The number of nitrogens with zero attached hydrogens (tertiary/aromatic N) is 3. The molecule has 2 aromatic heterocycles. The number of furan rings is 1. The maximum absolute atomic E-state index is 12.4. The lowest BCUT2D eigenvalue weighted by atomic mass is 10.1. The minimum absolute atomic E-state index is 0.0126. The summed E-state index contributed by atoms with van der Waals surface area (Å²) in [5.41, 5.74) is 0.619. The van der Waals surface area contributed by atoms with Gasteiger partial charge < -0.3 is 9.15 Å². The third kappa shape index (κ3) is 3.80. The summed E-state index contributed by atoms with van der Waals surface area (Å²) >= 11 is 4.76. The normalized spacial score (nSPS) is 10.8. The molecule has 25 heavy (non-hydrogen) atoms. The van der Waals surface area contributed by atoms with Gasteiger partial charge in [-0.3, -0.25) is 9.36 Å². The van der Waals surface area contributed by atoms with E-state index in [1.54, 1.807) is 31.6 Å². The van der Waals surface area contributed by atoms with E-state index >= 15 is 0 Å². The minimum Gasteiger partial charge on any atom is -0.496 e. The molecular formula is C17H16BrN3O3S. The molecule has 0 radical (unpaired) electrons. The molecule has 3 rings (SSSR count). The molecule has 6 nitrogen and oxygen atoms in total. The lowest BCUT2D eigenvalue weighted by Crippen LogP contribution is -2.05. The Labute approximate surface area is 157 Å². The Morgan fingerprint density at radius 1 is 1.36 bits per heavy atom. The number of halogens is 1. The van der Waals surface area contributed by atoms with Gasteiger partial charge in [0.25, 0.3) is 0 Å². The predicted molar refractivity (Wildman–Crippen MR) is 99.1 cm³/mol. The second-order valence-corrected chi connectivity index (χ2v) is 6.89. The van der Waals surface area contributed by atoms with Gasteiger partial charge in [0.15, 0.2) is 22.5 Å². The molecule has 0 atom stereocenters. The van der Waals surface area contributed by atoms with Crippen LogP contribution in [0.1, 0.15) is 17.3 Å². The van der Waals surface area contributed by atoms with Crippen LogP contribution in [0.3, 0.4) is 0 Å². The molecule has 0 aliphatic rings. The third-order valence-corrected chi connectivity index (χ3v) is 5.17. The second-order valence-electron chi connectivity index (χ2n) is 5.09. The first-order valence-corrected chi connectivity index (χ1v) is 9.38. The number of ether oxygens (including phenoxy) is 1. The average Bonchev–Trinajstić information content (AvgIpc) is 3.28. The Hall–Kier alpha value is -2.06. The standard InChI is InChI=1S/C17H16BrN3O3S/c1-3-21-16(15-5-4-8-24-15)19-20-17(21)25-10-13(22)11-6-7-14(23-2)12(18)9-11/h4-9H,3,10H2,1-2H3. The summed E-state index contributed by atoms with van der Waals surface area (Å²) in [5.74, 6) is 2.30. The van der Waals surface area contributed by atoms with Crippen molar-refractivity contribution in [3.8, 4) is 17.3 Å². The van der Waals surface area contributed by atoms with Gasteiger partial charge in [-0.05, 0) is 53.2 Å². The molecule has 8 heteroatoms. The molecule has 0 aliphatic heterocycles. The number of thioether (sulfide) groups is 1. The molecule has 0 bridgehead atoms. The van der Waals surface area contributed by atoms with Crippen molar-refractivity contribution in [1.29, 1.82) is 0 Å². The first kappa shape index (κ1) is 17.8. The van der Waals surface area contributed by atoms with Crippen LogP contribution < -0.4 is 4.74 Å². The van der Waals surface area contributed by atoms with Crippen LogP contribution in [0.4, 0.5) is 0 Å². The van der Waals surface area contributed by atoms with Crippen LogP contribution in [0.5, 0.6) is 5.75 Å². The van der Waals surface area contributed by atoms with E-state index in [0.29, 0.717) is 34.6 Å². The number of Topliss-reactive ketones (excluding diaryl/α,β-unsaturated/α-hetero) is 1. The zero-order chi connectivity index (χ0) is 17.8. The Bertz CT molecular complexity index is 877. The molecule has 0 N–H and O–H groups in total. The average molecular weight is 422 g/mol. The summed E-state index contributed by atoms with van der Waals surface area (Å²) in [5, 5.41) is 9.06. The Kier molecular flexibility index (Phi) is 5.60. The van der Waals surface area contributed by atoms with Gasteiger partial charge in [0, 0.05) is 12.1 Å². The number of ketones is 1. The number of rotatable bonds is 7. The lowest BCUT2D eigenvalue weighted by Gasteiger charge is -2.07. The number of benzene rings is 1. The zero-order valence-corrected chi connectivity index (χ0v) is 16.1. The molecular weight excluding hydrogens is 406 g/mol. The van der Waals surface area contributed by atoms with Crippen molar-refractivity contribution < 1.29 is 13.9 Å². The predicted octanol–water partition coefficient (Wildman–Crippen LogP) is 4.30. The van der Waals surface area contributed by atoms with Crippen LogP contribution >= 0.6 is 27.7 Å². The van der Waals surface area contributed by atoms with Crippen molar-refractivity contribution in [1.82, 2.24) is 14.8 Å². The number of methoxy groups -OCH3 is 1. The molecule has 130 valence electrons. The van der Waals surface area contributed by atoms with E-state index in [-0.39, 0.29) is 11.5 Å². The molecule has 1 aromatic carbocycles. The van der Waals surface area contributed by atoms with E-state index in [1.807, 2.05) is 23.6 Å². The summed E-state index contributed by atoms with van der Waals surface area (Å²) in [6.45, 7) is 2.69. The fourth-order valence-electron chi connectivity index (χ4n) is 2.32. The van der Waals surface area contributed by atoms with Crippen LogP contribution in [0.15, 0.2) is 50.6 Å². The summed E-state index contributed by atoms with van der Waals surface area (Å²) in [6, 6.07) is 8.93. The molecule has 0 aliphatic carbocycles. The Morgan fingerprint density at radius 3 is 2.84 bits per heavy atom.